The van der Waals surface area contributed by atoms with Crippen LogP contribution in [0, 0.1) is 11.8 Å². The Hall–Kier alpha value is -0.960. The zero-order valence-electron chi connectivity index (χ0n) is 19.0. The van der Waals surface area contributed by atoms with Crippen LogP contribution in [-0.2, 0) is 0 Å². The average Bonchev–Trinajstić information content (AvgIpc) is 2.65. The molecule has 3 nitrogen and oxygen atoms in total. The maximum atomic E-state index is 4.02. The van der Waals surface area contributed by atoms with Gasteiger partial charge in [0.1, 0.15) is 5.82 Å². The fraction of sp³-hybridized carbons (Fsp3) is 0.833. The van der Waals surface area contributed by atoms with Crippen molar-refractivity contribution in [2.45, 2.75) is 97.8 Å². The molecule has 0 amide bonds. The molecule has 160 valence electrons. The fourth-order valence-corrected chi connectivity index (χ4v) is 3.27. The summed E-state index contributed by atoms with van der Waals surface area (Å²) in [4.78, 5) is 0. The van der Waals surface area contributed by atoms with Crippen molar-refractivity contribution in [3.8, 4) is 0 Å². The molecule has 0 radical (unpaired) electrons. The van der Waals surface area contributed by atoms with Crippen LogP contribution < -0.4 is 10.7 Å². The Labute approximate surface area is 171 Å². The molecule has 0 rings (SSSR count). The van der Waals surface area contributed by atoms with Crippen LogP contribution in [0.25, 0.3) is 0 Å². The molecule has 2 N–H and O–H groups in total. The van der Waals surface area contributed by atoms with Gasteiger partial charge in [-0.05, 0) is 31.1 Å². The van der Waals surface area contributed by atoms with Gasteiger partial charge in [0.15, 0.2) is 0 Å². The molecule has 0 aromatic rings. The highest BCUT2D eigenvalue weighted by Gasteiger charge is 2.05. The third kappa shape index (κ3) is 18.2. The SMILES string of the molecule is C=CC(C)CCCCCCCN(CCCCCCCC(C)C)NC(=C)NC. The van der Waals surface area contributed by atoms with Gasteiger partial charge in [0.2, 0.25) is 0 Å². The molecule has 0 aliphatic rings. The fourth-order valence-electron chi connectivity index (χ4n) is 3.27. The summed E-state index contributed by atoms with van der Waals surface area (Å²) in [5.74, 6) is 2.41. The van der Waals surface area contributed by atoms with E-state index < -0.39 is 0 Å². The summed E-state index contributed by atoms with van der Waals surface area (Å²) >= 11 is 0. The lowest BCUT2D eigenvalue weighted by Crippen LogP contribution is -2.41. The summed E-state index contributed by atoms with van der Waals surface area (Å²) in [6.07, 6.45) is 18.1. The van der Waals surface area contributed by atoms with Gasteiger partial charge in [-0.15, -0.1) is 6.58 Å². The highest BCUT2D eigenvalue weighted by molar-refractivity contribution is 4.84. The van der Waals surface area contributed by atoms with Crippen molar-refractivity contribution in [2.24, 2.45) is 11.8 Å². The third-order valence-corrected chi connectivity index (χ3v) is 5.29. The van der Waals surface area contributed by atoms with Gasteiger partial charge >= 0.3 is 0 Å². The van der Waals surface area contributed by atoms with Gasteiger partial charge in [-0.25, -0.2) is 5.01 Å². The minimum absolute atomic E-state index is 0.669. The molecule has 0 saturated carbocycles. The van der Waals surface area contributed by atoms with Gasteiger partial charge < -0.3 is 10.7 Å². The minimum Gasteiger partial charge on any atom is -0.374 e. The smallest absolute Gasteiger partial charge is 0.106 e. The molecule has 1 unspecified atom stereocenters. The Bertz CT molecular complexity index is 352. The number of hydrogen-bond acceptors (Lipinski definition) is 3. The van der Waals surface area contributed by atoms with E-state index in [4.69, 9.17) is 0 Å². The van der Waals surface area contributed by atoms with Crippen LogP contribution in [-0.4, -0.2) is 25.1 Å². The number of nitrogens with one attached hydrogen (secondary N) is 2. The number of hydrazine groups is 1. The largest absolute Gasteiger partial charge is 0.374 e. The van der Waals surface area contributed by atoms with E-state index in [-0.39, 0.29) is 0 Å². The van der Waals surface area contributed by atoms with Crippen molar-refractivity contribution in [1.29, 1.82) is 0 Å². The highest BCUT2D eigenvalue weighted by atomic mass is 15.5. The normalized spacial score (nSPS) is 12.4. The molecule has 27 heavy (non-hydrogen) atoms. The van der Waals surface area contributed by atoms with E-state index in [0.29, 0.717) is 5.92 Å². The lowest BCUT2D eigenvalue weighted by atomic mass is 10.0. The van der Waals surface area contributed by atoms with Crippen LogP contribution in [0.1, 0.15) is 97.8 Å². The van der Waals surface area contributed by atoms with Crippen molar-refractivity contribution < 1.29 is 0 Å². The second kappa shape index (κ2) is 18.4. The van der Waals surface area contributed by atoms with Crippen molar-refractivity contribution >= 4 is 0 Å². The number of allylic oxidation sites excluding steroid dienone is 1. The van der Waals surface area contributed by atoms with Crippen LogP contribution in [0.2, 0.25) is 0 Å². The van der Waals surface area contributed by atoms with Gasteiger partial charge in [0.25, 0.3) is 0 Å². The predicted octanol–water partition coefficient (Wildman–Crippen LogP) is 6.64. The van der Waals surface area contributed by atoms with Gasteiger partial charge in [-0.2, -0.15) is 0 Å². The molecule has 0 aromatic heterocycles. The molecule has 3 heteroatoms. The standard InChI is InChI=1S/C24H49N3/c1-7-23(4)19-15-11-9-13-17-21-27(26-24(5)25-6)20-16-12-8-10-14-18-22(2)3/h7,22-23,25-26H,1,5,8-21H2,2-4,6H3. The average molecular weight is 380 g/mol. The van der Waals surface area contributed by atoms with Crippen molar-refractivity contribution in [3.05, 3.63) is 25.1 Å². The van der Waals surface area contributed by atoms with Gasteiger partial charge in [0, 0.05) is 20.1 Å². The summed E-state index contributed by atoms with van der Waals surface area (Å²) in [7, 11) is 1.92. The summed E-state index contributed by atoms with van der Waals surface area (Å²) in [5.41, 5.74) is 3.42. The first-order chi connectivity index (χ1) is 13.0. The van der Waals surface area contributed by atoms with Gasteiger partial charge in [-0.3, -0.25) is 0 Å². The van der Waals surface area contributed by atoms with Gasteiger partial charge in [-0.1, -0.05) is 91.2 Å². The molecule has 0 heterocycles. The maximum absolute atomic E-state index is 4.02. The van der Waals surface area contributed by atoms with E-state index in [0.717, 1.165) is 24.8 Å². The van der Waals surface area contributed by atoms with E-state index in [1.165, 1.54) is 77.0 Å². The number of nitrogens with zero attached hydrogens (tertiary/aromatic N) is 1. The topological polar surface area (TPSA) is 27.3 Å². The highest BCUT2D eigenvalue weighted by Crippen LogP contribution is 2.13. The first-order valence-electron chi connectivity index (χ1n) is 11.5. The summed E-state index contributed by atoms with van der Waals surface area (Å²) in [5, 5.41) is 5.46. The number of rotatable bonds is 20. The molecule has 0 saturated heterocycles. The second-order valence-electron chi connectivity index (χ2n) is 8.55. The minimum atomic E-state index is 0.669. The molecule has 1 atom stereocenters. The first kappa shape index (κ1) is 26.0. The Morgan fingerprint density at radius 3 is 1.78 bits per heavy atom. The van der Waals surface area contributed by atoms with Crippen molar-refractivity contribution in [1.82, 2.24) is 15.8 Å². The second-order valence-corrected chi connectivity index (χ2v) is 8.55. The van der Waals surface area contributed by atoms with E-state index >= 15 is 0 Å². The van der Waals surface area contributed by atoms with E-state index in [2.05, 4.69) is 55.8 Å². The lowest BCUT2D eigenvalue weighted by Gasteiger charge is -2.25. The zero-order chi connectivity index (χ0) is 20.3. The summed E-state index contributed by atoms with van der Waals surface area (Å²) in [6.45, 7) is 17.0. The van der Waals surface area contributed by atoms with Crippen LogP contribution in [0.4, 0.5) is 0 Å². The molecular formula is C24H49N3. The van der Waals surface area contributed by atoms with Crippen LogP contribution >= 0.6 is 0 Å². The van der Waals surface area contributed by atoms with E-state index in [1.54, 1.807) is 0 Å². The van der Waals surface area contributed by atoms with Crippen molar-refractivity contribution in [3.63, 3.8) is 0 Å². The van der Waals surface area contributed by atoms with E-state index in [1.807, 2.05) is 7.05 Å². The summed E-state index contributed by atoms with van der Waals surface area (Å²) < 4.78 is 0. The third-order valence-electron chi connectivity index (χ3n) is 5.29. The number of unbranched alkanes of at least 4 members (excludes halogenated alkanes) is 8. The molecule has 0 bridgehead atoms. The Balaban J connectivity index is 3.81. The van der Waals surface area contributed by atoms with Crippen LogP contribution in [0.5, 0.6) is 0 Å². The van der Waals surface area contributed by atoms with Crippen molar-refractivity contribution in [2.75, 3.05) is 20.1 Å². The Kier molecular flexibility index (Phi) is 17.8. The molecule has 0 spiro atoms. The molecule has 0 fully saturated rings. The Morgan fingerprint density at radius 2 is 1.30 bits per heavy atom. The quantitative estimate of drug-likeness (QED) is 0.141. The van der Waals surface area contributed by atoms with E-state index in [9.17, 15) is 0 Å². The molecule has 0 aromatic carbocycles. The maximum Gasteiger partial charge on any atom is 0.106 e. The first-order valence-corrected chi connectivity index (χ1v) is 11.5. The molecular weight excluding hydrogens is 330 g/mol. The number of hydrogen-bond donors (Lipinski definition) is 2. The lowest BCUT2D eigenvalue weighted by molar-refractivity contribution is 0.197. The zero-order valence-corrected chi connectivity index (χ0v) is 19.0. The van der Waals surface area contributed by atoms with Crippen LogP contribution in [0.15, 0.2) is 25.1 Å². The monoisotopic (exact) mass is 379 g/mol. The van der Waals surface area contributed by atoms with Gasteiger partial charge in [0.05, 0.1) is 0 Å². The Morgan fingerprint density at radius 1 is 0.815 bits per heavy atom. The molecule has 0 aliphatic carbocycles. The predicted molar refractivity (Wildman–Crippen MR) is 123 cm³/mol. The summed E-state index contributed by atoms with van der Waals surface area (Å²) in [6, 6.07) is 0. The van der Waals surface area contributed by atoms with Crippen LogP contribution in [0.3, 0.4) is 0 Å². The molecule has 0 aliphatic heterocycles.